The zero-order valence-corrected chi connectivity index (χ0v) is 14.7. The molecular formula is C20H20O5. The van der Waals surface area contributed by atoms with Gasteiger partial charge in [-0.15, -0.1) is 0 Å². The summed E-state index contributed by atoms with van der Waals surface area (Å²) in [6.45, 7) is 3.99. The molecule has 0 spiro atoms. The SMILES string of the molecule is COc1cc(OC)c2c(=O)c3c(CC=C(C)C)ccc(O)c3oc2c1. The molecule has 3 rings (SSSR count). The maximum Gasteiger partial charge on any atom is 0.204 e. The normalized spacial score (nSPS) is 10.9. The summed E-state index contributed by atoms with van der Waals surface area (Å²) >= 11 is 0. The predicted molar refractivity (Wildman–Crippen MR) is 97.9 cm³/mol. The zero-order chi connectivity index (χ0) is 18.1. The van der Waals surface area contributed by atoms with Crippen LogP contribution in [0.25, 0.3) is 21.9 Å². The Balaban J connectivity index is 2.45. The number of hydrogen-bond acceptors (Lipinski definition) is 5. The Morgan fingerprint density at radius 1 is 1.16 bits per heavy atom. The van der Waals surface area contributed by atoms with Gasteiger partial charge in [-0.05, 0) is 31.9 Å². The number of phenolic OH excluding ortho intramolecular Hbond substituents is 1. The van der Waals surface area contributed by atoms with E-state index in [0.717, 1.165) is 11.1 Å². The van der Waals surface area contributed by atoms with Crippen molar-refractivity contribution in [3.63, 3.8) is 0 Å². The molecule has 25 heavy (non-hydrogen) atoms. The number of fused-ring (bicyclic) bond motifs is 2. The largest absolute Gasteiger partial charge is 0.504 e. The molecule has 130 valence electrons. The molecule has 0 unspecified atom stereocenters. The highest BCUT2D eigenvalue weighted by Crippen LogP contribution is 2.34. The molecule has 0 fully saturated rings. The van der Waals surface area contributed by atoms with Crippen LogP contribution in [0.15, 0.2) is 45.1 Å². The van der Waals surface area contributed by atoms with Crippen LogP contribution in [0.2, 0.25) is 0 Å². The van der Waals surface area contributed by atoms with E-state index < -0.39 is 0 Å². The first-order chi connectivity index (χ1) is 12.0. The van der Waals surface area contributed by atoms with Crippen LogP contribution in [0.3, 0.4) is 0 Å². The lowest BCUT2D eigenvalue weighted by Crippen LogP contribution is -2.07. The molecule has 0 atom stereocenters. The number of methoxy groups -OCH3 is 2. The minimum Gasteiger partial charge on any atom is -0.504 e. The van der Waals surface area contributed by atoms with Crippen molar-refractivity contribution in [3.05, 3.63) is 51.7 Å². The van der Waals surface area contributed by atoms with Gasteiger partial charge in [0, 0.05) is 12.1 Å². The molecule has 1 aromatic heterocycles. The maximum atomic E-state index is 13.2. The molecular weight excluding hydrogens is 320 g/mol. The minimum absolute atomic E-state index is 0.0725. The summed E-state index contributed by atoms with van der Waals surface area (Å²) in [6, 6.07) is 6.54. The van der Waals surface area contributed by atoms with Gasteiger partial charge in [-0.1, -0.05) is 17.7 Å². The van der Waals surface area contributed by atoms with Gasteiger partial charge in [0.2, 0.25) is 5.43 Å². The summed E-state index contributed by atoms with van der Waals surface area (Å²) in [5, 5.41) is 10.9. The number of ether oxygens (including phenoxy) is 2. The van der Waals surface area contributed by atoms with Crippen molar-refractivity contribution in [1.29, 1.82) is 0 Å². The molecule has 0 aliphatic rings. The zero-order valence-electron chi connectivity index (χ0n) is 14.7. The summed E-state index contributed by atoms with van der Waals surface area (Å²) in [7, 11) is 3.01. The van der Waals surface area contributed by atoms with Crippen molar-refractivity contribution in [3.8, 4) is 17.2 Å². The molecule has 0 saturated carbocycles. The molecule has 0 saturated heterocycles. The lowest BCUT2D eigenvalue weighted by Gasteiger charge is -2.11. The molecule has 0 aliphatic carbocycles. The van der Waals surface area contributed by atoms with E-state index in [1.807, 2.05) is 19.9 Å². The van der Waals surface area contributed by atoms with Gasteiger partial charge >= 0.3 is 0 Å². The highest BCUT2D eigenvalue weighted by atomic mass is 16.5. The molecule has 5 heteroatoms. The Labute approximate surface area is 145 Å². The van der Waals surface area contributed by atoms with Crippen molar-refractivity contribution < 1.29 is 19.0 Å². The van der Waals surface area contributed by atoms with Gasteiger partial charge in [0.05, 0.1) is 19.6 Å². The average Bonchev–Trinajstić information content (AvgIpc) is 2.60. The smallest absolute Gasteiger partial charge is 0.204 e. The van der Waals surface area contributed by atoms with Crippen LogP contribution in [0, 0.1) is 0 Å². The van der Waals surface area contributed by atoms with Gasteiger partial charge in [-0.25, -0.2) is 0 Å². The molecule has 2 aromatic carbocycles. The summed E-state index contributed by atoms with van der Waals surface area (Å²) in [6.07, 6.45) is 2.61. The first kappa shape index (κ1) is 16.9. The molecule has 0 amide bonds. The topological polar surface area (TPSA) is 68.9 Å². The van der Waals surface area contributed by atoms with Gasteiger partial charge in [0.25, 0.3) is 0 Å². The minimum atomic E-state index is -0.233. The highest BCUT2D eigenvalue weighted by molar-refractivity contribution is 5.97. The fraction of sp³-hybridized carbons (Fsp3) is 0.250. The molecule has 0 bridgehead atoms. The van der Waals surface area contributed by atoms with Crippen LogP contribution < -0.4 is 14.9 Å². The van der Waals surface area contributed by atoms with Crippen LogP contribution in [0.5, 0.6) is 17.2 Å². The van der Waals surface area contributed by atoms with Crippen molar-refractivity contribution >= 4 is 21.9 Å². The summed E-state index contributed by atoms with van der Waals surface area (Å²) < 4.78 is 16.4. The lowest BCUT2D eigenvalue weighted by molar-refractivity contribution is 0.396. The van der Waals surface area contributed by atoms with Crippen LogP contribution in [-0.2, 0) is 6.42 Å². The van der Waals surface area contributed by atoms with Crippen molar-refractivity contribution in [2.24, 2.45) is 0 Å². The molecule has 1 heterocycles. The highest BCUT2D eigenvalue weighted by Gasteiger charge is 2.18. The van der Waals surface area contributed by atoms with Crippen LogP contribution in [0.4, 0.5) is 0 Å². The van der Waals surface area contributed by atoms with Gasteiger partial charge < -0.3 is 19.0 Å². The molecule has 3 aromatic rings. The Bertz CT molecular complexity index is 1040. The summed E-state index contributed by atoms with van der Waals surface area (Å²) in [5.41, 5.74) is 2.19. The second-order valence-electron chi connectivity index (χ2n) is 6.07. The van der Waals surface area contributed by atoms with E-state index >= 15 is 0 Å². The number of allylic oxidation sites excluding steroid dienone is 2. The van der Waals surface area contributed by atoms with Gasteiger partial charge in [-0.2, -0.15) is 0 Å². The Hall–Kier alpha value is -2.95. The molecule has 0 aliphatic heterocycles. The van der Waals surface area contributed by atoms with E-state index in [1.54, 1.807) is 24.3 Å². The van der Waals surface area contributed by atoms with E-state index in [2.05, 4.69) is 0 Å². The van der Waals surface area contributed by atoms with E-state index in [0.29, 0.717) is 34.3 Å². The summed E-state index contributed by atoms with van der Waals surface area (Å²) in [4.78, 5) is 13.2. The third kappa shape index (κ3) is 2.93. The second-order valence-corrected chi connectivity index (χ2v) is 6.07. The predicted octanol–water partition coefficient (Wildman–Crippen LogP) is 4.18. The van der Waals surface area contributed by atoms with Crippen LogP contribution in [-0.4, -0.2) is 19.3 Å². The quantitative estimate of drug-likeness (QED) is 0.570. The van der Waals surface area contributed by atoms with Crippen molar-refractivity contribution in [2.45, 2.75) is 20.3 Å². The number of aromatic hydroxyl groups is 1. The second kappa shape index (κ2) is 6.51. The average molecular weight is 340 g/mol. The monoisotopic (exact) mass is 340 g/mol. The van der Waals surface area contributed by atoms with Crippen molar-refractivity contribution in [1.82, 2.24) is 0 Å². The van der Waals surface area contributed by atoms with Gasteiger partial charge in [0.1, 0.15) is 22.5 Å². The molecule has 1 N–H and O–H groups in total. The molecule has 5 nitrogen and oxygen atoms in total. The van der Waals surface area contributed by atoms with E-state index in [4.69, 9.17) is 13.9 Å². The number of benzene rings is 2. The Morgan fingerprint density at radius 2 is 1.92 bits per heavy atom. The van der Waals surface area contributed by atoms with Gasteiger partial charge in [-0.3, -0.25) is 4.79 Å². The fourth-order valence-corrected chi connectivity index (χ4v) is 2.83. The number of hydrogen-bond donors (Lipinski definition) is 1. The maximum absolute atomic E-state index is 13.2. The third-order valence-electron chi connectivity index (χ3n) is 4.11. The first-order valence-corrected chi connectivity index (χ1v) is 7.93. The van der Waals surface area contributed by atoms with Crippen molar-refractivity contribution in [2.75, 3.05) is 14.2 Å². The number of rotatable bonds is 4. The molecule has 0 radical (unpaired) electrons. The van der Waals surface area contributed by atoms with Crippen LogP contribution >= 0.6 is 0 Å². The summed E-state index contributed by atoms with van der Waals surface area (Å²) in [5.74, 6) is 0.810. The standard InChI is InChI=1S/C20H20O5/c1-11(2)5-6-12-7-8-14(21)20-17(12)19(22)18-15(24-4)9-13(23-3)10-16(18)25-20/h5,7-10,21H,6H2,1-4H3. The fourth-order valence-electron chi connectivity index (χ4n) is 2.83. The number of phenols is 1. The Kier molecular flexibility index (Phi) is 4.40. The van der Waals surface area contributed by atoms with Crippen LogP contribution in [0.1, 0.15) is 19.4 Å². The van der Waals surface area contributed by atoms with E-state index in [-0.39, 0.29) is 16.8 Å². The van der Waals surface area contributed by atoms with E-state index in [9.17, 15) is 9.90 Å². The first-order valence-electron chi connectivity index (χ1n) is 7.93. The third-order valence-corrected chi connectivity index (χ3v) is 4.11. The lowest BCUT2D eigenvalue weighted by atomic mass is 10.0. The Morgan fingerprint density at radius 3 is 2.56 bits per heavy atom. The van der Waals surface area contributed by atoms with E-state index in [1.165, 1.54) is 14.2 Å². The van der Waals surface area contributed by atoms with Gasteiger partial charge in [0.15, 0.2) is 11.3 Å².